The molecule has 0 aromatic heterocycles. The van der Waals surface area contributed by atoms with Gasteiger partial charge in [-0.1, -0.05) is 42.0 Å². The largest absolute Gasteiger partial charge is 0.483 e. The van der Waals surface area contributed by atoms with Gasteiger partial charge in [-0.25, -0.2) is 0 Å². The van der Waals surface area contributed by atoms with Gasteiger partial charge in [0.25, 0.3) is 5.91 Å². The number of amides is 2. The average Bonchev–Trinajstić information content (AvgIpc) is 2.78. The second kappa shape index (κ2) is 10.2. The van der Waals surface area contributed by atoms with E-state index in [4.69, 9.17) is 4.74 Å². The molecule has 1 aliphatic rings. The smallest absolute Gasteiger partial charge is 0.260 e. The van der Waals surface area contributed by atoms with Crippen LogP contribution < -0.4 is 4.74 Å². The molecule has 1 fully saturated rings. The lowest BCUT2D eigenvalue weighted by Gasteiger charge is -2.34. The lowest BCUT2D eigenvalue weighted by atomic mass is 10.0. The van der Waals surface area contributed by atoms with Crippen LogP contribution in [0.1, 0.15) is 39.9 Å². The molecule has 1 aliphatic heterocycles. The van der Waals surface area contributed by atoms with Gasteiger partial charge in [-0.2, -0.15) is 0 Å². The van der Waals surface area contributed by atoms with E-state index in [1.807, 2.05) is 51.1 Å². The van der Waals surface area contributed by atoms with Crippen molar-refractivity contribution in [2.24, 2.45) is 0 Å². The predicted molar refractivity (Wildman–Crippen MR) is 119 cm³/mol. The van der Waals surface area contributed by atoms with Crippen LogP contribution in [0, 0.1) is 20.8 Å². The summed E-state index contributed by atoms with van der Waals surface area (Å²) in [4.78, 5) is 40.7. The third-order valence-corrected chi connectivity index (χ3v) is 5.83. The summed E-state index contributed by atoms with van der Waals surface area (Å²) in [6, 6.07) is 13.2. The van der Waals surface area contributed by atoms with E-state index < -0.39 is 0 Å². The minimum absolute atomic E-state index is 0.0106. The van der Waals surface area contributed by atoms with E-state index in [9.17, 15) is 14.4 Å². The zero-order valence-corrected chi connectivity index (χ0v) is 18.5. The summed E-state index contributed by atoms with van der Waals surface area (Å²) < 4.78 is 5.71. The van der Waals surface area contributed by atoms with Crippen molar-refractivity contribution in [2.45, 2.75) is 33.6 Å². The summed E-state index contributed by atoms with van der Waals surface area (Å²) in [6.45, 7) is 7.86. The van der Waals surface area contributed by atoms with Crippen molar-refractivity contribution in [3.05, 3.63) is 64.7 Å². The van der Waals surface area contributed by atoms with Crippen molar-refractivity contribution in [2.75, 3.05) is 32.8 Å². The fourth-order valence-electron chi connectivity index (χ4n) is 3.58. The molecule has 31 heavy (non-hydrogen) atoms. The Labute approximate surface area is 183 Å². The molecule has 2 aromatic rings. The molecule has 0 bridgehead atoms. The van der Waals surface area contributed by atoms with Crippen LogP contribution in [0.4, 0.5) is 0 Å². The minimum Gasteiger partial charge on any atom is -0.483 e. The first-order chi connectivity index (χ1) is 14.8. The monoisotopic (exact) mass is 422 g/mol. The number of ether oxygens (including phenoxy) is 1. The first kappa shape index (κ1) is 22.5. The number of benzene rings is 2. The number of carbonyl (C=O) groups is 3. The summed E-state index contributed by atoms with van der Waals surface area (Å²) in [5.74, 6) is 0.577. The molecule has 1 saturated heterocycles. The zero-order valence-electron chi connectivity index (χ0n) is 18.5. The number of ketones is 1. The van der Waals surface area contributed by atoms with E-state index in [1.165, 1.54) is 0 Å². The van der Waals surface area contributed by atoms with Gasteiger partial charge < -0.3 is 14.5 Å². The van der Waals surface area contributed by atoms with Gasteiger partial charge in [0, 0.05) is 44.6 Å². The van der Waals surface area contributed by atoms with Crippen LogP contribution >= 0.6 is 0 Å². The standard InChI is InChI=1S/C25H30N2O4/c1-18-7-9-21(10-8-18)22(28)11-12-24(29)26-13-15-27(16-14-26)25(30)17-31-23-6-4-5-19(2)20(23)3/h4-10H,11-17H2,1-3H3. The molecule has 3 rings (SSSR count). The number of aryl methyl sites for hydroxylation is 2. The highest BCUT2D eigenvalue weighted by Crippen LogP contribution is 2.20. The van der Waals surface area contributed by atoms with E-state index in [0.29, 0.717) is 31.7 Å². The van der Waals surface area contributed by atoms with Crippen molar-refractivity contribution < 1.29 is 19.1 Å². The van der Waals surface area contributed by atoms with E-state index in [0.717, 1.165) is 22.4 Å². The van der Waals surface area contributed by atoms with Crippen LogP contribution in [0.3, 0.4) is 0 Å². The van der Waals surface area contributed by atoms with Gasteiger partial charge in [0.05, 0.1) is 0 Å². The van der Waals surface area contributed by atoms with Gasteiger partial charge in [0.2, 0.25) is 5.91 Å². The molecule has 2 aromatic carbocycles. The van der Waals surface area contributed by atoms with E-state index >= 15 is 0 Å². The van der Waals surface area contributed by atoms with Crippen molar-refractivity contribution in [1.29, 1.82) is 0 Å². The summed E-state index contributed by atoms with van der Waals surface area (Å²) in [5.41, 5.74) is 3.89. The van der Waals surface area contributed by atoms with Gasteiger partial charge in [-0.15, -0.1) is 0 Å². The van der Waals surface area contributed by atoms with Crippen molar-refractivity contribution >= 4 is 17.6 Å². The SMILES string of the molecule is Cc1ccc(C(=O)CCC(=O)N2CCN(C(=O)COc3cccc(C)c3C)CC2)cc1. The minimum atomic E-state index is -0.0810. The number of rotatable bonds is 7. The van der Waals surface area contributed by atoms with Crippen molar-refractivity contribution in [1.82, 2.24) is 9.80 Å². The Morgan fingerprint density at radius 3 is 2.06 bits per heavy atom. The molecular formula is C25H30N2O4. The number of hydrogen-bond acceptors (Lipinski definition) is 4. The topological polar surface area (TPSA) is 66.9 Å². The molecule has 1 heterocycles. The van der Waals surface area contributed by atoms with E-state index in [1.54, 1.807) is 21.9 Å². The highest BCUT2D eigenvalue weighted by Gasteiger charge is 2.24. The predicted octanol–water partition coefficient (Wildman–Crippen LogP) is 3.32. The van der Waals surface area contributed by atoms with E-state index in [2.05, 4.69) is 0 Å². The molecule has 0 saturated carbocycles. The summed E-state index contributed by atoms with van der Waals surface area (Å²) >= 11 is 0. The van der Waals surface area contributed by atoms with Crippen LogP contribution in [0.25, 0.3) is 0 Å². The highest BCUT2D eigenvalue weighted by molar-refractivity contribution is 5.98. The van der Waals surface area contributed by atoms with Crippen LogP contribution in [0.15, 0.2) is 42.5 Å². The maximum atomic E-state index is 12.5. The summed E-state index contributed by atoms with van der Waals surface area (Å²) in [7, 11) is 0. The van der Waals surface area contributed by atoms with E-state index in [-0.39, 0.29) is 37.0 Å². The zero-order chi connectivity index (χ0) is 22.4. The molecule has 2 amide bonds. The molecule has 0 N–H and O–H groups in total. The highest BCUT2D eigenvalue weighted by atomic mass is 16.5. The Kier molecular flexibility index (Phi) is 7.45. The summed E-state index contributed by atoms with van der Waals surface area (Å²) in [6.07, 6.45) is 0.390. The van der Waals surface area contributed by atoms with Crippen LogP contribution in [0.2, 0.25) is 0 Å². The van der Waals surface area contributed by atoms with Gasteiger partial charge >= 0.3 is 0 Å². The Bertz CT molecular complexity index is 944. The molecule has 0 aliphatic carbocycles. The molecule has 6 heteroatoms. The quantitative estimate of drug-likeness (QED) is 0.642. The van der Waals surface area contributed by atoms with Crippen molar-refractivity contribution in [3.8, 4) is 5.75 Å². The second-order valence-electron chi connectivity index (χ2n) is 8.04. The maximum Gasteiger partial charge on any atom is 0.260 e. The Balaban J connectivity index is 1.41. The Morgan fingerprint density at radius 2 is 1.42 bits per heavy atom. The lowest BCUT2D eigenvalue weighted by molar-refractivity contribution is -0.140. The third kappa shape index (κ3) is 5.94. The first-order valence-corrected chi connectivity index (χ1v) is 10.7. The normalized spacial score (nSPS) is 13.8. The van der Waals surface area contributed by atoms with Gasteiger partial charge in [-0.3, -0.25) is 14.4 Å². The average molecular weight is 423 g/mol. The number of carbonyl (C=O) groups excluding carboxylic acids is 3. The molecule has 0 radical (unpaired) electrons. The Hall–Kier alpha value is -3.15. The van der Waals surface area contributed by atoms with Gasteiger partial charge in [-0.05, 0) is 38.0 Å². The molecule has 6 nitrogen and oxygen atoms in total. The molecule has 0 unspecified atom stereocenters. The number of Topliss-reactive ketones (excluding diaryl/α,β-unsaturated/α-hetero) is 1. The number of piperazine rings is 1. The van der Waals surface area contributed by atoms with Crippen LogP contribution in [0.5, 0.6) is 5.75 Å². The van der Waals surface area contributed by atoms with Crippen LogP contribution in [-0.2, 0) is 9.59 Å². The number of nitrogens with zero attached hydrogens (tertiary/aromatic N) is 2. The van der Waals surface area contributed by atoms with Gasteiger partial charge in [0.1, 0.15) is 5.75 Å². The molecular weight excluding hydrogens is 392 g/mol. The fourth-order valence-corrected chi connectivity index (χ4v) is 3.58. The van der Waals surface area contributed by atoms with Crippen LogP contribution in [-0.4, -0.2) is 60.2 Å². The second-order valence-corrected chi connectivity index (χ2v) is 8.04. The Morgan fingerprint density at radius 1 is 0.806 bits per heavy atom. The maximum absolute atomic E-state index is 12.5. The third-order valence-electron chi connectivity index (χ3n) is 5.83. The number of hydrogen-bond donors (Lipinski definition) is 0. The van der Waals surface area contributed by atoms with Gasteiger partial charge in [0.15, 0.2) is 12.4 Å². The molecule has 0 atom stereocenters. The lowest BCUT2D eigenvalue weighted by Crippen LogP contribution is -2.51. The summed E-state index contributed by atoms with van der Waals surface area (Å²) in [5, 5.41) is 0. The first-order valence-electron chi connectivity index (χ1n) is 10.7. The fraction of sp³-hybridized carbons (Fsp3) is 0.400. The molecule has 164 valence electrons. The van der Waals surface area contributed by atoms with Crippen molar-refractivity contribution in [3.63, 3.8) is 0 Å². The molecule has 0 spiro atoms.